The van der Waals surface area contributed by atoms with Crippen LogP contribution in [0.1, 0.15) is 29.8 Å². The van der Waals surface area contributed by atoms with Gasteiger partial charge in [0.15, 0.2) is 11.5 Å². The number of ether oxygens (including phenoxy) is 2. The highest BCUT2D eigenvalue weighted by molar-refractivity contribution is 5.76. The molecule has 0 N–H and O–H groups in total. The van der Waals surface area contributed by atoms with E-state index in [0.29, 0.717) is 23.7 Å². The quantitative estimate of drug-likeness (QED) is 0.748. The summed E-state index contributed by atoms with van der Waals surface area (Å²) in [6.45, 7) is 4.35. The summed E-state index contributed by atoms with van der Waals surface area (Å²) in [5.41, 5.74) is 1.64. The first kappa shape index (κ1) is 14.1. The molecule has 0 fully saturated rings. The van der Waals surface area contributed by atoms with Gasteiger partial charge < -0.3 is 9.47 Å². The van der Waals surface area contributed by atoms with Gasteiger partial charge in [0.05, 0.1) is 6.10 Å². The van der Waals surface area contributed by atoms with E-state index in [1.165, 1.54) is 0 Å². The third kappa shape index (κ3) is 3.85. The molecule has 0 amide bonds. The predicted octanol–water partition coefficient (Wildman–Crippen LogP) is 3.87. The molecule has 0 saturated heterocycles. The average Bonchev–Trinajstić information content (AvgIpc) is 2.47. The third-order valence-electron chi connectivity index (χ3n) is 2.70. The minimum Gasteiger partial charge on any atom is -0.487 e. The molecule has 0 radical (unpaired) electrons. The SMILES string of the molecule is CC(C)Oc1ccc(C=O)cc1OCc1ccccc1. The molecule has 0 aliphatic rings. The average molecular weight is 270 g/mol. The zero-order valence-electron chi connectivity index (χ0n) is 11.7. The Bertz CT molecular complexity index is 562. The van der Waals surface area contributed by atoms with Crippen molar-refractivity contribution in [2.24, 2.45) is 0 Å². The molecule has 3 heteroatoms. The molecule has 0 aromatic heterocycles. The van der Waals surface area contributed by atoms with Crippen LogP contribution in [0.15, 0.2) is 48.5 Å². The molecule has 0 heterocycles. The van der Waals surface area contributed by atoms with Crippen molar-refractivity contribution >= 4 is 6.29 Å². The number of carbonyl (C=O) groups excluding carboxylic acids is 1. The fourth-order valence-corrected chi connectivity index (χ4v) is 1.80. The van der Waals surface area contributed by atoms with Crippen LogP contribution in [0.2, 0.25) is 0 Å². The molecule has 104 valence electrons. The lowest BCUT2D eigenvalue weighted by molar-refractivity contribution is 0.112. The Labute approximate surface area is 119 Å². The lowest BCUT2D eigenvalue weighted by Crippen LogP contribution is -2.07. The van der Waals surface area contributed by atoms with Crippen molar-refractivity contribution in [2.45, 2.75) is 26.6 Å². The molecular weight excluding hydrogens is 252 g/mol. The summed E-state index contributed by atoms with van der Waals surface area (Å²) in [5, 5.41) is 0. The monoisotopic (exact) mass is 270 g/mol. The fourth-order valence-electron chi connectivity index (χ4n) is 1.80. The van der Waals surface area contributed by atoms with Gasteiger partial charge in [0.1, 0.15) is 12.9 Å². The van der Waals surface area contributed by atoms with Gasteiger partial charge in [-0.15, -0.1) is 0 Å². The standard InChI is InChI=1S/C17H18O3/c1-13(2)20-16-9-8-15(11-18)10-17(16)19-12-14-6-4-3-5-7-14/h3-11,13H,12H2,1-2H3. The van der Waals surface area contributed by atoms with Crippen LogP contribution >= 0.6 is 0 Å². The Morgan fingerprint density at radius 3 is 2.45 bits per heavy atom. The highest BCUT2D eigenvalue weighted by Crippen LogP contribution is 2.29. The number of aldehydes is 1. The van der Waals surface area contributed by atoms with Gasteiger partial charge in [-0.3, -0.25) is 4.79 Å². The molecule has 0 atom stereocenters. The van der Waals surface area contributed by atoms with Crippen LogP contribution in [0, 0.1) is 0 Å². The predicted molar refractivity (Wildman–Crippen MR) is 78.4 cm³/mol. The van der Waals surface area contributed by atoms with Crippen LogP contribution in [-0.4, -0.2) is 12.4 Å². The summed E-state index contributed by atoms with van der Waals surface area (Å²) in [4.78, 5) is 10.9. The second kappa shape index (κ2) is 6.75. The van der Waals surface area contributed by atoms with Gasteiger partial charge in [-0.05, 0) is 37.6 Å². The van der Waals surface area contributed by atoms with Gasteiger partial charge in [0.25, 0.3) is 0 Å². The summed E-state index contributed by atoms with van der Waals surface area (Å²) in [7, 11) is 0. The van der Waals surface area contributed by atoms with Gasteiger partial charge in [0.2, 0.25) is 0 Å². The molecule has 2 aromatic rings. The Hall–Kier alpha value is -2.29. The molecule has 0 aliphatic carbocycles. The lowest BCUT2D eigenvalue weighted by Gasteiger charge is -2.15. The largest absolute Gasteiger partial charge is 0.487 e. The van der Waals surface area contributed by atoms with Gasteiger partial charge in [-0.25, -0.2) is 0 Å². The first-order valence-corrected chi connectivity index (χ1v) is 6.61. The maximum atomic E-state index is 10.9. The van der Waals surface area contributed by atoms with Crippen LogP contribution in [0.3, 0.4) is 0 Å². The second-order valence-electron chi connectivity index (χ2n) is 4.76. The smallest absolute Gasteiger partial charge is 0.162 e. The molecule has 20 heavy (non-hydrogen) atoms. The van der Waals surface area contributed by atoms with Crippen LogP contribution in [0.25, 0.3) is 0 Å². The molecule has 2 aromatic carbocycles. The van der Waals surface area contributed by atoms with Crippen molar-refractivity contribution in [1.82, 2.24) is 0 Å². The summed E-state index contributed by atoms with van der Waals surface area (Å²) in [5.74, 6) is 1.24. The maximum absolute atomic E-state index is 10.9. The normalized spacial score (nSPS) is 10.3. The molecule has 0 saturated carbocycles. The van der Waals surface area contributed by atoms with Gasteiger partial charge >= 0.3 is 0 Å². The second-order valence-corrected chi connectivity index (χ2v) is 4.76. The Kier molecular flexibility index (Phi) is 4.77. The molecule has 2 rings (SSSR count). The van der Waals surface area contributed by atoms with Crippen molar-refractivity contribution in [3.05, 3.63) is 59.7 Å². The first-order chi connectivity index (χ1) is 9.69. The third-order valence-corrected chi connectivity index (χ3v) is 2.70. The Balaban J connectivity index is 2.17. The van der Waals surface area contributed by atoms with Crippen LogP contribution < -0.4 is 9.47 Å². The fraction of sp³-hybridized carbons (Fsp3) is 0.235. The minimum absolute atomic E-state index is 0.0520. The Morgan fingerprint density at radius 1 is 1.05 bits per heavy atom. The van der Waals surface area contributed by atoms with Crippen molar-refractivity contribution in [2.75, 3.05) is 0 Å². The van der Waals surface area contributed by atoms with Crippen molar-refractivity contribution in [3.8, 4) is 11.5 Å². The molecule has 0 spiro atoms. The molecule has 0 aliphatic heterocycles. The van der Waals surface area contributed by atoms with Crippen LogP contribution in [0.5, 0.6) is 11.5 Å². The van der Waals surface area contributed by atoms with E-state index in [2.05, 4.69) is 0 Å². The van der Waals surface area contributed by atoms with Crippen molar-refractivity contribution in [3.63, 3.8) is 0 Å². The van der Waals surface area contributed by atoms with E-state index in [-0.39, 0.29) is 6.10 Å². The zero-order valence-corrected chi connectivity index (χ0v) is 11.7. The zero-order chi connectivity index (χ0) is 14.4. The summed E-state index contributed by atoms with van der Waals surface area (Å²) in [6, 6.07) is 15.1. The van der Waals surface area contributed by atoms with Crippen molar-refractivity contribution in [1.29, 1.82) is 0 Å². The summed E-state index contributed by atoms with van der Waals surface area (Å²) < 4.78 is 11.5. The van der Waals surface area contributed by atoms with E-state index >= 15 is 0 Å². The van der Waals surface area contributed by atoms with E-state index in [0.717, 1.165) is 11.8 Å². The molecular formula is C17H18O3. The van der Waals surface area contributed by atoms with Crippen molar-refractivity contribution < 1.29 is 14.3 Å². The van der Waals surface area contributed by atoms with Gasteiger partial charge in [-0.1, -0.05) is 30.3 Å². The number of hydrogen-bond acceptors (Lipinski definition) is 3. The van der Waals surface area contributed by atoms with Crippen LogP contribution in [-0.2, 0) is 6.61 Å². The number of carbonyl (C=O) groups is 1. The first-order valence-electron chi connectivity index (χ1n) is 6.61. The highest BCUT2D eigenvalue weighted by atomic mass is 16.5. The molecule has 0 unspecified atom stereocenters. The lowest BCUT2D eigenvalue weighted by atomic mass is 10.2. The summed E-state index contributed by atoms with van der Waals surface area (Å²) >= 11 is 0. The Morgan fingerprint density at radius 2 is 1.80 bits per heavy atom. The van der Waals surface area contributed by atoms with Gasteiger partial charge in [0, 0.05) is 5.56 Å². The van der Waals surface area contributed by atoms with Gasteiger partial charge in [-0.2, -0.15) is 0 Å². The van der Waals surface area contributed by atoms with E-state index in [1.54, 1.807) is 18.2 Å². The van der Waals surface area contributed by atoms with E-state index in [1.807, 2.05) is 44.2 Å². The number of hydrogen-bond donors (Lipinski definition) is 0. The van der Waals surface area contributed by atoms with E-state index in [9.17, 15) is 4.79 Å². The molecule has 0 bridgehead atoms. The van der Waals surface area contributed by atoms with E-state index < -0.39 is 0 Å². The number of benzene rings is 2. The topological polar surface area (TPSA) is 35.5 Å². The maximum Gasteiger partial charge on any atom is 0.162 e. The minimum atomic E-state index is 0.0520. The van der Waals surface area contributed by atoms with Crippen LogP contribution in [0.4, 0.5) is 0 Å². The summed E-state index contributed by atoms with van der Waals surface area (Å²) in [6.07, 6.45) is 0.852. The highest BCUT2D eigenvalue weighted by Gasteiger charge is 2.08. The number of rotatable bonds is 6. The molecule has 3 nitrogen and oxygen atoms in total. The van der Waals surface area contributed by atoms with E-state index in [4.69, 9.17) is 9.47 Å².